The fourth-order valence-electron chi connectivity index (χ4n) is 3.16. The van der Waals surface area contributed by atoms with Gasteiger partial charge in [0.15, 0.2) is 0 Å². The number of aryl methyl sites for hydroxylation is 1. The Labute approximate surface area is 199 Å². The van der Waals surface area contributed by atoms with Crippen molar-refractivity contribution in [3.63, 3.8) is 0 Å². The van der Waals surface area contributed by atoms with Gasteiger partial charge in [-0.15, -0.1) is 11.8 Å². The van der Waals surface area contributed by atoms with E-state index in [0.717, 1.165) is 11.3 Å². The van der Waals surface area contributed by atoms with Crippen LogP contribution in [0.1, 0.15) is 43.9 Å². The summed E-state index contributed by atoms with van der Waals surface area (Å²) >= 11 is 13.7. The number of hydrogen-bond donors (Lipinski definition) is 1. The van der Waals surface area contributed by atoms with E-state index in [4.69, 9.17) is 23.2 Å². The number of halogens is 2. The van der Waals surface area contributed by atoms with Crippen molar-refractivity contribution in [1.29, 1.82) is 0 Å². The third-order valence-electron chi connectivity index (χ3n) is 4.77. The Kier molecular flexibility index (Phi) is 10.2. The van der Waals surface area contributed by atoms with Crippen molar-refractivity contribution >= 4 is 46.8 Å². The molecule has 0 aliphatic carbocycles. The maximum absolute atomic E-state index is 13.2. The highest BCUT2D eigenvalue weighted by Gasteiger charge is 2.29. The number of amides is 2. The molecule has 0 radical (unpaired) electrons. The average molecular weight is 481 g/mol. The third-order valence-corrected chi connectivity index (χ3v) is 6.50. The van der Waals surface area contributed by atoms with E-state index in [1.54, 1.807) is 28.8 Å². The van der Waals surface area contributed by atoms with Gasteiger partial charge in [-0.2, -0.15) is 0 Å². The van der Waals surface area contributed by atoms with Crippen molar-refractivity contribution in [2.45, 2.75) is 58.5 Å². The normalized spacial score (nSPS) is 12.0. The molecule has 0 aromatic heterocycles. The van der Waals surface area contributed by atoms with Crippen LogP contribution in [0.2, 0.25) is 10.0 Å². The molecule has 2 amide bonds. The SMILES string of the molecule is CC[C@@H](C(=O)NC(C)C)N(Cc1ccc(Cl)c(Cl)c1)C(=O)CSCc1ccc(C)cc1. The quantitative estimate of drug-likeness (QED) is 0.462. The standard InChI is InChI=1S/C24H30Cl2N2O2S/c1-5-22(24(30)27-16(2)3)28(13-19-10-11-20(25)21(26)12-19)23(29)15-31-14-18-8-6-17(4)7-9-18/h6-12,16,22H,5,13-15H2,1-4H3,(H,27,30)/t22-/m0/s1. The molecule has 0 fully saturated rings. The second kappa shape index (κ2) is 12.4. The van der Waals surface area contributed by atoms with Crippen LogP contribution in [0.15, 0.2) is 42.5 Å². The van der Waals surface area contributed by atoms with Gasteiger partial charge in [-0.1, -0.05) is 66.0 Å². The Hall–Kier alpha value is -1.69. The summed E-state index contributed by atoms with van der Waals surface area (Å²) in [5.41, 5.74) is 3.21. The van der Waals surface area contributed by atoms with Crippen molar-refractivity contribution in [1.82, 2.24) is 10.2 Å². The van der Waals surface area contributed by atoms with Crippen molar-refractivity contribution < 1.29 is 9.59 Å². The van der Waals surface area contributed by atoms with Crippen LogP contribution in [0.5, 0.6) is 0 Å². The number of thioether (sulfide) groups is 1. The van der Waals surface area contributed by atoms with E-state index >= 15 is 0 Å². The second-order valence-corrected chi connectivity index (χ2v) is 9.64. The van der Waals surface area contributed by atoms with Crippen molar-refractivity contribution in [3.05, 3.63) is 69.2 Å². The van der Waals surface area contributed by atoms with E-state index in [0.29, 0.717) is 28.8 Å². The molecule has 0 aliphatic heterocycles. The first-order chi connectivity index (χ1) is 14.7. The number of carbonyl (C=O) groups excluding carboxylic acids is 2. The zero-order valence-corrected chi connectivity index (χ0v) is 20.8. The Morgan fingerprint density at radius 1 is 1.03 bits per heavy atom. The van der Waals surface area contributed by atoms with Crippen LogP contribution >= 0.6 is 35.0 Å². The lowest BCUT2D eigenvalue weighted by molar-refractivity contribution is -0.139. The van der Waals surface area contributed by atoms with Crippen LogP contribution in [0.3, 0.4) is 0 Å². The van der Waals surface area contributed by atoms with Gasteiger partial charge >= 0.3 is 0 Å². The van der Waals surface area contributed by atoms with Crippen LogP contribution < -0.4 is 5.32 Å². The van der Waals surface area contributed by atoms with Crippen LogP contribution in [0.4, 0.5) is 0 Å². The largest absolute Gasteiger partial charge is 0.352 e. The van der Waals surface area contributed by atoms with E-state index in [2.05, 4.69) is 36.5 Å². The molecule has 7 heteroatoms. The number of nitrogens with one attached hydrogen (secondary N) is 1. The topological polar surface area (TPSA) is 49.4 Å². The highest BCUT2D eigenvalue weighted by Crippen LogP contribution is 2.24. The van der Waals surface area contributed by atoms with Gasteiger partial charge in [-0.25, -0.2) is 0 Å². The van der Waals surface area contributed by atoms with Crippen LogP contribution in [-0.4, -0.2) is 34.6 Å². The molecule has 0 aliphatic rings. The third kappa shape index (κ3) is 8.06. The molecule has 0 bridgehead atoms. The molecule has 2 aromatic rings. The van der Waals surface area contributed by atoms with E-state index in [-0.39, 0.29) is 17.9 Å². The van der Waals surface area contributed by atoms with Crippen LogP contribution in [0, 0.1) is 6.92 Å². The Bertz CT molecular complexity index is 888. The minimum atomic E-state index is -0.552. The zero-order chi connectivity index (χ0) is 23.0. The summed E-state index contributed by atoms with van der Waals surface area (Å²) in [5, 5.41) is 3.83. The van der Waals surface area contributed by atoms with Crippen LogP contribution in [0.25, 0.3) is 0 Å². The lowest BCUT2D eigenvalue weighted by atomic mass is 10.1. The highest BCUT2D eigenvalue weighted by molar-refractivity contribution is 7.99. The van der Waals surface area contributed by atoms with Gasteiger partial charge in [0.05, 0.1) is 15.8 Å². The summed E-state index contributed by atoms with van der Waals surface area (Å²) < 4.78 is 0. The number of rotatable bonds is 10. The highest BCUT2D eigenvalue weighted by atomic mass is 35.5. The predicted molar refractivity (Wildman–Crippen MR) is 132 cm³/mol. The summed E-state index contributed by atoms with van der Waals surface area (Å²) in [6.45, 7) is 8.08. The Morgan fingerprint density at radius 2 is 1.68 bits per heavy atom. The number of hydrogen-bond acceptors (Lipinski definition) is 3. The Balaban J connectivity index is 2.15. The molecule has 0 saturated carbocycles. The summed E-state index contributed by atoms with van der Waals surface area (Å²) in [5.74, 6) is 0.811. The lowest BCUT2D eigenvalue weighted by Crippen LogP contribution is -2.50. The first kappa shape index (κ1) is 25.6. The smallest absolute Gasteiger partial charge is 0.243 e. The first-order valence-electron chi connectivity index (χ1n) is 10.4. The minimum absolute atomic E-state index is 0.000564. The predicted octanol–water partition coefficient (Wildman–Crippen LogP) is 5.87. The second-order valence-electron chi connectivity index (χ2n) is 7.84. The number of benzene rings is 2. The molecule has 4 nitrogen and oxygen atoms in total. The zero-order valence-electron chi connectivity index (χ0n) is 18.5. The van der Waals surface area contributed by atoms with Crippen molar-refractivity contribution in [3.8, 4) is 0 Å². The monoisotopic (exact) mass is 480 g/mol. The maximum Gasteiger partial charge on any atom is 0.243 e. The van der Waals surface area contributed by atoms with Crippen LogP contribution in [-0.2, 0) is 21.9 Å². The minimum Gasteiger partial charge on any atom is -0.352 e. The molecule has 2 aromatic carbocycles. The molecule has 168 valence electrons. The summed E-state index contributed by atoms with van der Waals surface area (Å²) in [6.07, 6.45) is 0.522. The van der Waals surface area contributed by atoms with E-state index in [9.17, 15) is 9.59 Å². The molecule has 31 heavy (non-hydrogen) atoms. The molecule has 0 unspecified atom stereocenters. The molecule has 2 rings (SSSR count). The van der Waals surface area contributed by atoms with Gasteiger partial charge in [-0.3, -0.25) is 9.59 Å². The van der Waals surface area contributed by atoms with Gasteiger partial charge in [0.2, 0.25) is 11.8 Å². The fourth-order valence-corrected chi connectivity index (χ4v) is 4.35. The van der Waals surface area contributed by atoms with Gasteiger partial charge in [-0.05, 0) is 50.5 Å². The maximum atomic E-state index is 13.2. The molecular weight excluding hydrogens is 451 g/mol. The molecular formula is C24H30Cl2N2O2S. The van der Waals surface area contributed by atoms with Gasteiger partial charge in [0.1, 0.15) is 6.04 Å². The Morgan fingerprint density at radius 3 is 2.26 bits per heavy atom. The average Bonchev–Trinajstić information content (AvgIpc) is 2.71. The number of nitrogens with zero attached hydrogens (tertiary/aromatic N) is 1. The van der Waals surface area contributed by atoms with E-state index < -0.39 is 6.04 Å². The van der Waals surface area contributed by atoms with Gasteiger partial charge in [0, 0.05) is 18.3 Å². The van der Waals surface area contributed by atoms with E-state index in [1.807, 2.05) is 26.8 Å². The molecule has 0 spiro atoms. The van der Waals surface area contributed by atoms with E-state index in [1.165, 1.54) is 11.1 Å². The number of carbonyl (C=O) groups is 2. The summed E-state index contributed by atoms with van der Waals surface area (Å²) in [7, 11) is 0. The first-order valence-corrected chi connectivity index (χ1v) is 12.3. The van der Waals surface area contributed by atoms with Gasteiger partial charge < -0.3 is 10.2 Å². The molecule has 0 saturated heterocycles. The summed E-state index contributed by atoms with van der Waals surface area (Å²) in [4.78, 5) is 27.7. The van der Waals surface area contributed by atoms with Crippen molar-refractivity contribution in [2.75, 3.05) is 5.75 Å². The summed E-state index contributed by atoms with van der Waals surface area (Å²) in [6, 6.07) is 13.0. The molecule has 0 heterocycles. The molecule has 1 atom stereocenters. The lowest BCUT2D eigenvalue weighted by Gasteiger charge is -2.31. The van der Waals surface area contributed by atoms with Crippen molar-refractivity contribution in [2.24, 2.45) is 0 Å². The fraction of sp³-hybridized carbons (Fsp3) is 0.417. The molecule has 1 N–H and O–H groups in total. The van der Waals surface area contributed by atoms with Gasteiger partial charge in [0.25, 0.3) is 0 Å².